The number of rotatable bonds is 7. The van der Waals surface area contributed by atoms with Crippen LogP contribution in [-0.2, 0) is 0 Å². The summed E-state index contributed by atoms with van der Waals surface area (Å²) in [5.41, 5.74) is 6.29. The van der Waals surface area contributed by atoms with Gasteiger partial charge < -0.3 is 9.80 Å². The Morgan fingerprint density at radius 1 is 0.350 bits per heavy atom. The third-order valence-electron chi connectivity index (χ3n) is 12.0. The molecule has 0 radical (unpaired) electrons. The molecule has 0 saturated heterocycles. The van der Waals surface area contributed by atoms with Crippen molar-refractivity contribution in [1.29, 1.82) is 0 Å². The van der Waals surface area contributed by atoms with E-state index in [1.807, 2.05) is 12.1 Å². The van der Waals surface area contributed by atoms with Crippen molar-refractivity contribution in [3.8, 4) is 0 Å². The molecule has 0 unspecified atom stereocenters. The van der Waals surface area contributed by atoms with E-state index in [1.165, 1.54) is 59.2 Å². The monoisotopic (exact) mass is 764 g/mol. The fourth-order valence-electron chi connectivity index (χ4n) is 9.04. The number of nitrogens with zero attached hydrogens (tertiary/aromatic N) is 2. The van der Waals surface area contributed by atoms with E-state index in [0.29, 0.717) is 0 Å². The van der Waals surface area contributed by atoms with Crippen LogP contribution in [0.25, 0.3) is 77.3 Å². The summed E-state index contributed by atoms with van der Waals surface area (Å²) < 4.78 is 0. The van der Waals surface area contributed by atoms with Crippen LogP contribution in [-0.4, -0.2) is 0 Å². The second kappa shape index (κ2) is 14.5. The molecule has 0 aliphatic carbocycles. The van der Waals surface area contributed by atoms with Gasteiger partial charge in [-0.15, -0.1) is 0 Å². The van der Waals surface area contributed by atoms with Gasteiger partial charge in [0.05, 0.1) is 11.4 Å². The van der Waals surface area contributed by atoms with Crippen LogP contribution in [0.15, 0.2) is 225 Å². The first-order valence-electron chi connectivity index (χ1n) is 20.5. The summed E-state index contributed by atoms with van der Waals surface area (Å²) in [4.78, 5) is 4.76. The molecule has 0 bridgehead atoms. The third-order valence-corrected chi connectivity index (χ3v) is 12.0. The van der Waals surface area contributed by atoms with E-state index in [1.54, 1.807) is 0 Å². The smallest absolute Gasteiger partial charge is 0.0546 e. The first kappa shape index (κ1) is 35.2. The molecule has 0 saturated carbocycles. The molecular formula is C58H40N2. The molecule has 0 N–H and O–H groups in total. The molecule has 11 aromatic carbocycles. The maximum absolute atomic E-state index is 4.76. The molecule has 0 fully saturated rings. The molecule has 0 amide bonds. The molecule has 60 heavy (non-hydrogen) atoms. The van der Waals surface area contributed by atoms with Crippen molar-refractivity contribution >= 4 is 106 Å². The van der Waals surface area contributed by atoms with E-state index in [2.05, 4.69) is 223 Å². The topological polar surface area (TPSA) is 6.48 Å². The summed E-state index contributed by atoms with van der Waals surface area (Å²) in [5, 5.41) is 16.2. The first-order chi connectivity index (χ1) is 29.6. The summed E-state index contributed by atoms with van der Waals surface area (Å²) in [6.45, 7) is 9.10. The van der Waals surface area contributed by atoms with E-state index in [4.69, 9.17) is 6.58 Å². The standard InChI is InChI=1S/C58H40N2/c1-39-15-3-4-19-44(39)33-40(2)59(48-30-27-41-16-5-8-20-45(41)34-48)57-37-55-52-24-12-14-26-54(52)58(38-56(55)51-23-11-13-25-53(51)57)60(49-31-28-42-17-6-9-21-46(42)35-49)50-32-29-43-18-7-10-22-47(43)36-50/h3-38H,1-2H2/b44-33-. The van der Waals surface area contributed by atoms with Crippen molar-refractivity contribution in [2.24, 2.45) is 0 Å². The predicted molar refractivity (Wildman–Crippen MR) is 260 cm³/mol. The Kier molecular flexibility index (Phi) is 8.49. The van der Waals surface area contributed by atoms with Gasteiger partial charge in [-0.2, -0.15) is 0 Å². The van der Waals surface area contributed by atoms with Gasteiger partial charge in [0, 0.05) is 33.5 Å². The highest BCUT2D eigenvalue weighted by Crippen LogP contribution is 2.47. The molecule has 2 heteroatoms. The normalized spacial score (nSPS) is 11.9. The van der Waals surface area contributed by atoms with E-state index >= 15 is 0 Å². The molecule has 2 nitrogen and oxygen atoms in total. The minimum absolute atomic E-state index is 0.852. The summed E-state index contributed by atoms with van der Waals surface area (Å²) in [5.74, 6) is 0. The van der Waals surface area contributed by atoms with Crippen LogP contribution in [0.4, 0.5) is 28.4 Å². The summed E-state index contributed by atoms with van der Waals surface area (Å²) in [7, 11) is 0. The van der Waals surface area contributed by atoms with Crippen LogP contribution in [0, 0.1) is 0 Å². The fraction of sp³-hybridized carbons (Fsp3) is 0. The van der Waals surface area contributed by atoms with Crippen LogP contribution in [0.2, 0.25) is 0 Å². The minimum atomic E-state index is 0.852. The van der Waals surface area contributed by atoms with Gasteiger partial charge in [-0.05, 0) is 119 Å². The van der Waals surface area contributed by atoms with Crippen molar-refractivity contribution in [3.05, 3.63) is 235 Å². The Morgan fingerprint density at radius 2 is 0.750 bits per heavy atom. The van der Waals surface area contributed by atoms with Crippen molar-refractivity contribution in [2.75, 3.05) is 9.80 Å². The lowest BCUT2D eigenvalue weighted by Crippen LogP contribution is -2.24. The van der Waals surface area contributed by atoms with Gasteiger partial charge in [-0.1, -0.05) is 177 Å². The maximum atomic E-state index is 4.76. The zero-order chi connectivity index (χ0) is 40.2. The van der Waals surface area contributed by atoms with E-state index in [0.717, 1.165) is 50.0 Å². The SMILES string of the molecule is C=C(/C=c1/ccccc1=C)N(c1ccc2ccccc2c1)c1cc2c3ccccc3c(N(c3ccc4ccccc4c3)c3ccc4ccccc4c3)cc2c2ccccc12. The van der Waals surface area contributed by atoms with E-state index in [9.17, 15) is 0 Å². The van der Waals surface area contributed by atoms with Gasteiger partial charge >= 0.3 is 0 Å². The quantitative estimate of drug-likeness (QED) is 0.149. The third kappa shape index (κ3) is 6.06. The number of hydrogen-bond donors (Lipinski definition) is 0. The van der Waals surface area contributed by atoms with Gasteiger partial charge in [-0.25, -0.2) is 0 Å². The molecule has 0 spiro atoms. The molecule has 0 aliphatic rings. The van der Waals surface area contributed by atoms with Crippen molar-refractivity contribution in [3.63, 3.8) is 0 Å². The van der Waals surface area contributed by atoms with E-state index < -0.39 is 0 Å². The van der Waals surface area contributed by atoms with Crippen LogP contribution in [0.5, 0.6) is 0 Å². The van der Waals surface area contributed by atoms with E-state index in [-0.39, 0.29) is 0 Å². The number of allylic oxidation sites excluding steroid dienone is 1. The number of hydrogen-bond acceptors (Lipinski definition) is 2. The van der Waals surface area contributed by atoms with Crippen molar-refractivity contribution in [2.45, 2.75) is 0 Å². The summed E-state index contributed by atoms with van der Waals surface area (Å²) in [6, 6.07) is 76.8. The minimum Gasteiger partial charge on any atom is -0.310 e. The zero-order valence-corrected chi connectivity index (χ0v) is 33.1. The Hall–Kier alpha value is -7.94. The highest BCUT2D eigenvalue weighted by Gasteiger charge is 2.22. The van der Waals surface area contributed by atoms with Crippen LogP contribution < -0.4 is 20.2 Å². The molecule has 0 heterocycles. The Labute approximate surface area is 349 Å². The lowest BCUT2D eigenvalue weighted by Gasteiger charge is -2.30. The lowest BCUT2D eigenvalue weighted by atomic mass is 9.93. The number of benzene rings is 11. The van der Waals surface area contributed by atoms with Gasteiger partial charge in [-0.3, -0.25) is 0 Å². The highest BCUT2D eigenvalue weighted by molar-refractivity contribution is 6.24. The average molecular weight is 765 g/mol. The number of anilines is 5. The second-order valence-electron chi connectivity index (χ2n) is 15.6. The van der Waals surface area contributed by atoms with Gasteiger partial charge in [0.25, 0.3) is 0 Å². The molecule has 282 valence electrons. The molecule has 0 aliphatic heterocycles. The summed E-state index contributed by atoms with van der Waals surface area (Å²) in [6.07, 6.45) is 2.16. The molecular weight excluding hydrogens is 725 g/mol. The molecule has 0 atom stereocenters. The van der Waals surface area contributed by atoms with Crippen LogP contribution in [0.3, 0.4) is 0 Å². The fourth-order valence-corrected chi connectivity index (χ4v) is 9.04. The Bertz CT molecular complexity index is 3540. The molecule has 11 aromatic rings. The molecule has 11 rings (SSSR count). The molecule has 0 aromatic heterocycles. The Balaban J connectivity index is 1.20. The largest absolute Gasteiger partial charge is 0.310 e. The summed E-state index contributed by atoms with van der Waals surface area (Å²) >= 11 is 0. The van der Waals surface area contributed by atoms with Gasteiger partial charge in [0.2, 0.25) is 0 Å². The van der Waals surface area contributed by atoms with Crippen molar-refractivity contribution in [1.82, 2.24) is 0 Å². The predicted octanol–water partition coefficient (Wildman–Crippen LogP) is 14.6. The van der Waals surface area contributed by atoms with Gasteiger partial charge in [0.1, 0.15) is 0 Å². The van der Waals surface area contributed by atoms with Crippen LogP contribution >= 0.6 is 0 Å². The van der Waals surface area contributed by atoms with Crippen molar-refractivity contribution < 1.29 is 0 Å². The Morgan fingerprint density at radius 3 is 1.28 bits per heavy atom. The average Bonchev–Trinajstić information content (AvgIpc) is 3.30. The second-order valence-corrected chi connectivity index (χ2v) is 15.6. The lowest BCUT2D eigenvalue weighted by molar-refractivity contribution is 1.26. The van der Waals surface area contributed by atoms with Gasteiger partial charge in [0.15, 0.2) is 0 Å². The maximum Gasteiger partial charge on any atom is 0.0546 e. The number of fused-ring (bicyclic) bond motifs is 8. The first-order valence-corrected chi connectivity index (χ1v) is 20.5. The van der Waals surface area contributed by atoms with Crippen LogP contribution in [0.1, 0.15) is 0 Å². The zero-order valence-electron chi connectivity index (χ0n) is 33.1. The highest BCUT2D eigenvalue weighted by atomic mass is 15.2.